The molecule has 1 aliphatic heterocycles. The molecule has 0 aromatic heterocycles. The molecule has 0 aliphatic carbocycles. The first-order valence-electron chi connectivity index (χ1n) is 6.32. The van der Waals surface area contributed by atoms with Gasteiger partial charge in [-0.1, -0.05) is 11.6 Å². The molecule has 0 saturated carbocycles. The van der Waals surface area contributed by atoms with E-state index in [0.29, 0.717) is 24.5 Å². The van der Waals surface area contributed by atoms with Gasteiger partial charge in [-0.15, -0.1) is 0 Å². The normalized spacial score (nSPS) is 21.8. The lowest BCUT2D eigenvalue weighted by atomic mass is 10.1. The lowest BCUT2D eigenvalue weighted by molar-refractivity contribution is 0.224. The maximum atomic E-state index is 11.6. The van der Waals surface area contributed by atoms with Gasteiger partial charge >= 0.3 is 0 Å². The molecule has 1 saturated heterocycles. The van der Waals surface area contributed by atoms with E-state index in [4.69, 9.17) is 11.6 Å². The molecule has 1 heterocycles. The molecule has 0 radical (unpaired) electrons. The zero-order chi connectivity index (χ0) is 14.0. The number of halogens is 1. The molecular weight excluding hydrogens is 286 g/mol. The van der Waals surface area contributed by atoms with Crippen LogP contribution >= 0.6 is 11.6 Å². The second-order valence-electron chi connectivity index (χ2n) is 4.92. The Labute approximate surface area is 118 Å². The van der Waals surface area contributed by atoms with Gasteiger partial charge in [-0.2, -0.15) is 0 Å². The summed E-state index contributed by atoms with van der Waals surface area (Å²) in [5, 5.41) is 10.5. The van der Waals surface area contributed by atoms with Gasteiger partial charge in [-0.3, -0.25) is 4.90 Å². The molecule has 106 valence electrons. The smallest absolute Gasteiger partial charge is 0.151 e. The van der Waals surface area contributed by atoms with Gasteiger partial charge in [0.25, 0.3) is 0 Å². The fraction of sp³-hybridized carbons (Fsp3) is 0.538. The molecule has 1 aromatic rings. The summed E-state index contributed by atoms with van der Waals surface area (Å²) in [5.74, 6) is 0.625. The van der Waals surface area contributed by atoms with Crippen LogP contribution in [0.3, 0.4) is 0 Å². The summed E-state index contributed by atoms with van der Waals surface area (Å²) in [6.45, 7) is 3.17. The van der Waals surface area contributed by atoms with Crippen molar-refractivity contribution in [3.05, 3.63) is 28.8 Å². The van der Waals surface area contributed by atoms with Gasteiger partial charge in [0.1, 0.15) is 5.75 Å². The molecular formula is C13H18ClNO3S. The number of nitrogens with zero attached hydrogens (tertiary/aromatic N) is 1. The van der Waals surface area contributed by atoms with E-state index in [0.717, 1.165) is 5.56 Å². The third-order valence-corrected chi connectivity index (χ3v) is 5.53. The van der Waals surface area contributed by atoms with E-state index in [9.17, 15) is 13.5 Å². The van der Waals surface area contributed by atoms with Crippen molar-refractivity contribution < 1.29 is 13.5 Å². The van der Waals surface area contributed by atoms with Gasteiger partial charge < -0.3 is 5.11 Å². The Balaban J connectivity index is 2.19. The van der Waals surface area contributed by atoms with Gasteiger partial charge in [0.2, 0.25) is 0 Å². The van der Waals surface area contributed by atoms with E-state index in [1.807, 2.05) is 6.92 Å². The summed E-state index contributed by atoms with van der Waals surface area (Å²) >= 11 is 5.95. The average Bonchev–Trinajstić information content (AvgIpc) is 2.52. The fourth-order valence-electron chi connectivity index (χ4n) is 2.40. The Hall–Kier alpha value is -0.780. The number of benzene rings is 1. The lowest BCUT2D eigenvalue weighted by Gasteiger charge is -2.28. The quantitative estimate of drug-likeness (QED) is 0.910. The Morgan fingerprint density at radius 1 is 1.32 bits per heavy atom. The molecule has 4 nitrogen and oxygen atoms in total. The first-order valence-corrected chi connectivity index (χ1v) is 8.52. The molecule has 1 atom stereocenters. The number of rotatable bonds is 2. The van der Waals surface area contributed by atoms with Crippen LogP contribution in [0.4, 0.5) is 0 Å². The third kappa shape index (κ3) is 3.61. The van der Waals surface area contributed by atoms with Crippen molar-refractivity contribution in [1.29, 1.82) is 0 Å². The minimum absolute atomic E-state index is 0.0491. The molecule has 1 aromatic carbocycles. The lowest BCUT2D eigenvalue weighted by Crippen LogP contribution is -2.30. The van der Waals surface area contributed by atoms with Crippen molar-refractivity contribution in [2.24, 2.45) is 0 Å². The summed E-state index contributed by atoms with van der Waals surface area (Å²) in [4.78, 5) is 2.08. The van der Waals surface area contributed by atoms with Crippen LogP contribution < -0.4 is 0 Å². The Morgan fingerprint density at radius 2 is 2.05 bits per heavy atom. The first kappa shape index (κ1) is 14.6. The van der Waals surface area contributed by atoms with Gasteiger partial charge in [0.15, 0.2) is 9.84 Å². The second kappa shape index (κ2) is 5.69. The van der Waals surface area contributed by atoms with E-state index < -0.39 is 9.84 Å². The zero-order valence-electron chi connectivity index (χ0n) is 10.8. The molecule has 19 heavy (non-hydrogen) atoms. The van der Waals surface area contributed by atoms with Crippen LogP contribution in [0.2, 0.25) is 5.02 Å². The summed E-state index contributed by atoms with van der Waals surface area (Å²) < 4.78 is 23.2. The molecule has 6 heteroatoms. The van der Waals surface area contributed by atoms with Crippen molar-refractivity contribution in [2.45, 2.75) is 19.4 Å². The SMILES string of the molecule is CC(c1cc(Cl)ccc1O)N1CCCS(=O)(=O)CC1. The zero-order valence-corrected chi connectivity index (χ0v) is 12.4. The van der Waals surface area contributed by atoms with Crippen LogP contribution in [0.1, 0.15) is 24.9 Å². The number of hydrogen-bond acceptors (Lipinski definition) is 4. The summed E-state index contributed by atoms with van der Waals surface area (Å²) in [5.41, 5.74) is 0.742. The van der Waals surface area contributed by atoms with Gasteiger partial charge in [0.05, 0.1) is 11.5 Å². The van der Waals surface area contributed by atoms with Gasteiger partial charge in [0, 0.05) is 23.2 Å². The number of phenolic OH excluding ortho intramolecular Hbond substituents is 1. The van der Waals surface area contributed by atoms with Crippen molar-refractivity contribution in [1.82, 2.24) is 4.90 Å². The molecule has 1 fully saturated rings. The van der Waals surface area contributed by atoms with Crippen LogP contribution in [-0.2, 0) is 9.84 Å². The number of aromatic hydroxyl groups is 1. The molecule has 0 bridgehead atoms. The van der Waals surface area contributed by atoms with Crippen molar-refractivity contribution in [2.75, 3.05) is 24.6 Å². The molecule has 0 spiro atoms. The largest absolute Gasteiger partial charge is 0.508 e. The Bertz CT molecular complexity index is 559. The molecule has 1 unspecified atom stereocenters. The predicted octanol–water partition coefficient (Wildman–Crippen LogP) is 2.23. The highest BCUT2D eigenvalue weighted by atomic mass is 35.5. The molecule has 0 amide bonds. The van der Waals surface area contributed by atoms with Gasteiger partial charge in [-0.25, -0.2) is 8.42 Å². The summed E-state index contributed by atoms with van der Waals surface area (Å²) in [6, 6.07) is 4.90. The van der Waals surface area contributed by atoms with Crippen molar-refractivity contribution in [3.63, 3.8) is 0 Å². The molecule has 2 rings (SSSR count). The van der Waals surface area contributed by atoms with Crippen LogP contribution in [0, 0.1) is 0 Å². The summed E-state index contributed by atoms with van der Waals surface area (Å²) in [6.07, 6.45) is 0.633. The Morgan fingerprint density at radius 3 is 2.79 bits per heavy atom. The summed E-state index contributed by atoms with van der Waals surface area (Å²) in [7, 11) is -2.92. The van der Waals surface area contributed by atoms with E-state index >= 15 is 0 Å². The average molecular weight is 304 g/mol. The standard InChI is InChI=1S/C13H18ClNO3S/c1-10(12-9-11(14)3-4-13(12)16)15-5-2-7-19(17,18)8-6-15/h3-4,9-10,16H,2,5-8H2,1H3. The number of hydrogen-bond donors (Lipinski definition) is 1. The highest BCUT2D eigenvalue weighted by Gasteiger charge is 2.24. The van der Waals surface area contributed by atoms with E-state index in [1.165, 1.54) is 0 Å². The maximum absolute atomic E-state index is 11.6. The fourth-order valence-corrected chi connectivity index (χ4v) is 3.87. The first-order chi connectivity index (χ1) is 8.89. The monoisotopic (exact) mass is 303 g/mol. The Kier molecular flexibility index (Phi) is 4.38. The highest BCUT2D eigenvalue weighted by molar-refractivity contribution is 7.91. The van der Waals surface area contributed by atoms with Gasteiger partial charge in [-0.05, 0) is 38.1 Å². The van der Waals surface area contributed by atoms with E-state index in [1.54, 1.807) is 18.2 Å². The molecule has 1 N–H and O–H groups in total. The minimum atomic E-state index is -2.92. The van der Waals surface area contributed by atoms with Crippen molar-refractivity contribution >= 4 is 21.4 Å². The van der Waals surface area contributed by atoms with E-state index in [-0.39, 0.29) is 23.3 Å². The topological polar surface area (TPSA) is 57.6 Å². The van der Waals surface area contributed by atoms with Crippen LogP contribution in [-0.4, -0.2) is 43.0 Å². The van der Waals surface area contributed by atoms with Crippen molar-refractivity contribution in [3.8, 4) is 5.75 Å². The second-order valence-corrected chi connectivity index (χ2v) is 7.66. The van der Waals surface area contributed by atoms with Crippen LogP contribution in [0.15, 0.2) is 18.2 Å². The number of phenols is 1. The minimum Gasteiger partial charge on any atom is -0.508 e. The maximum Gasteiger partial charge on any atom is 0.151 e. The van der Waals surface area contributed by atoms with E-state index in [2.05, 4.69) is 4.90 Å². The number of sulfone groups is 1. The highest BCUT2D eigenvalue weighted by Crippen LogP contribution is 2.31. The predicted molar refractivity (Wildman–Crippen MR) is 76.4 cm³/mol. The van der Waals surface area contributed by atoms with Crippen LogP contribution in [0.25, 0.3) is 0 Å². The molecule has 1 aliphatic rings. The van der Waals surface area contributed by atoms with Crippen LogP contribution in [0.5, 0.6) is 5.75 Å². The third-order valence-electron chi connectivity index (χ3n) is 3.58.